The summed E-state index contributed by atoms with van der Waals surface area (Å²) in [5, 5.41) is 0.287. The number of rotatable bonds is 3. The molecule has 0 N–H and O–H groups in total. The van der Waals surface area contributed by atoms with Crippen LogP contribution in [0.2, 0.25) is 5.15 Å². The van der Waals surface area contributed by atoms with E-state index < -0.39 is 10.0 Å². The fourth-order valence-electron chi connectivity index (χ4n) is 2.69. The van der Waals surface area contributed by atoms with Crippen molar-refractivity contribution in [3.8, 4) is 0 Å². The van der Waals surface area contributed by atoms with Gasteiger partial charge in [0, 0.05) is 12.7 Å². The van der Waals surface area contributed by atoms with Crippen molar-refractivity contribution in [3.05, 3.63) is 59.4 Å². The molecule has 0 bridgehead atoms. The highest BCUT2D eigenvalue weighted by molar-refractivity contribution is 7.89. The van der Waals surface area contributed by atoms with Gasteiger partial charge < -0.3 is 0 Å². The monoisotopic (exact) mass is 322 g/mol. The average Bonchev–Trinajstić information content (AvgIpc) is 2.99. The Morgan fingerprint density at radius 3 is 2.57 bits per heavy atom. The van der Waals surface area contributed by atoms with Crippen molar-refractivity contribution in [3.63, 3.8) is 0 Å². The standard InChI is InChI=1S/C15H15ClN2O2S/c16-15-9-8-13(11-17-15)21(19,20)18-10-4-7-14(18)12-5-2-1-3-6-12/h1-3,5-6,8-9,11,14H,4,7,10H2/t14-/m0/s1. The number of sulfonamides is 1. The summed E-state index contributed by atoms with van der Waals surface area (Å²) in [7, 11) is -3.54. The van der Waals surface area contributed by atoms with E-state index >= 15 is 0 Å². The molecular formula is C15H15ClN2O2S. The van der Waals surface area contributed by atoms with Crippen LogP contribution in [0.1, 0.15) is 24.4 Å². The Labute approximate surface area is 129 Å². The van der Waals surface area contributed by atoms with Crippen molar-refractivity contribution in [2.45, 2.75) is 23.8 Å². The van der Waals surface area contributed by atoms with Gasteiger partial charge in [0.25, 0.3) is 0 Å². The number of halogens is 1. The summed E-state index contributed by atoms with van der Waals surface area (Å²) < 4.78 is 27.1. The summed E-state index contributed by atoms with van der Waals surface area (Å²) in [5.41, 5.74) is 1.03. The van der Waals surface area contributed by atoms with Crippen molar-refractivity contribution >= 4 is 21.6 Å². The number of hydrogen-bond acceptors (Lipinski definition) is 3. The minimum Gasteiger partial charge on any atom is -0.243 e. The molecule has 0 amide bonds. The normalized spacial score (nSPS) is 19.8. The molecule has 1 atom stereocenters. The molecule has 3 rings (SSSR count). The molecule has 1 aliphatic rings. The first-order chi connectivity index (χ1) is 10.1. The second kappa shape index (κ2) is 5.75. The second-order valence-corrected chi connectivity index (χ2v) is 7.28. The smallest absolute Gasteiger partial charge is 0.243 e. The molecule has 0 saturated carbocycles. The van der Waals surface area contributed by atoms with E-state index in [-0.39, 0.29) is 16.1 Å². The maximum atomic E-state index is 12.8. The molecule has 2 heterocycles. The van der Waals surface area contributed by atoms with E-state index in [0.29, 0.717) is 6.54 Å². The Balaban J connectivity index is 1.96. The topological polar surface area (TPSA) is 50.3 Å². The predicted octanol–water partition coefficient (Wildman–Crippen LogP) is 3.26. The van der Waals surface area contributed by atoms with Gasteiger partial charge in [-0.15, -0.1) is 0 Å². The molecule has 1 aromatic carbocycles. The zero-order chi connectivity index (χ0) is 14.9. The maximum absolute atomic E-state index is 12.8. The van der Waals surface area contributed by atoms with E-state index in [1.54, 1.807) is 4.31 Å². The first kappa shape index (κ1) is 14.5. The maximum Gasteiger partial charge on any atom is 0.245 e. The van der Waals surface area contributed by atoms with E-state index in [9.17, 15) is 8.42 Å². The molecule has 4 nitrogen and oxygen atoms in total. The highest BCUT2D eigenvalue weighted by Crippen LogP contribution is 2.36. The van der Waals surface area contributed by atoms with E-state index in [0.717, 1.165) is 18.4 Å². The second-order valence-electron chi connectivity index (χ2n) is 5.00. The fourth-order valence-corrected chi connectivity index (χ4v) is 4.43. The van der Waals surface area contributed by atoms with Crippen LogP contribution in [0.4, 0.5) is 0 Å². The summed E-state index contributed by atoms with van der Waals surface area (Å²) in [6.45, 7) is 0.532. The minimum absolute atomic E-state index is 0.105. The first-order valence-corrected chi connectivity index (χ1v) is 8.59. The highest BCUT2D eigenvalue weighted by atomic mass is 35.5. The molecule has 21 heavy (non-hydrogen) atoms. The molecule has 0 radical (unpaired) electrons. The van der Waals surface area contributed by atoms with Gasteiger partial charge in [-0.25, -0.2) is 13.4 Å². The largest absolute Gasteiger partial charge is 0.245 e. The molecule has 1 saturated heterocycles. The first-order valence-electron chi connectivity index (χ1n) is 6.77. The van der Waals surface area contributed by atoms with Gasteiger partial charge in [-0.1, -0.05) is 41.9 Å². The Morgan fingerprint density at radius 1 is 1.14 bits per heavy atom. The van der Waals surface area contributed by atoms with Crippen LogP contribution in [-0.2, 0) is 10.0 Å². The number of hydrogen-bond donors (Lipinski definition) is 0. The van der Waals surface area contributed by atoms with Gasteiger partial charge in [-0.2, -0.15) is 4.31 Å². The predicted molar refractivity (Wildman–Crippen MR) is 81.6 cm³/mol. The molecule has 110 valence electrons. The van der Waals surface area contributed by atoms with E-state index in [2.05, 4.69) is 4.98 Å². The molecule has 1 aromatic heterocycles. The molecular weight excluding hydrogens is 308 g/mol. The van der Waals surface area contributed by atoms with Gasteiger partial charge in [0.05, 0.1) is 6.04 Å². The van der Waals surface area contributed by atoms with Gasteiger partial charge >= 0.3 is 0 Å². The SMILES string of the molecule is O=S(=O)(c1ccc(Cl)nc1)N1CCC[C@H]1c1ccccc1. The molecule has 0 unspecified atom stereocenters. The third-order valence-corrected chi connectivity index (χ3v) is 5.81. The van der Waals surface area contributed by atoms with Crippen molar-refractivity contribution < 1.29 is 8.42 Å². The number of aromatic nitrogens is 1. The van der Waals surface area contributed by atoms with Gasteiger partial charge in [0.1, 0.15) is 10.0 Å². The lowest BCUT2D eigenvalue weighted by atomic mass is 10.1. The van der Waals surface area contributed by atoms with Gasteiger partial charge in [-0.05, 0) is 30.5 Å². The number of nitrogens with zero attached hydrogens (tertiary/aromatic N) is 2. The minimum atomic E-state index is -3.54. The molecule has 6 heteroatoms. The number of pyridine rings is 1. The van der Waals surface area contributed by atoms with Crippen LogP contribution in [0.25, 0.3) is 0 Å². The molecule has 0 aliphatic carbocycles. The lowest BCUT2D eigenvalue weighted by Gasteiger charge is -2.24. The van der Waals surface area contributed by atoms with Crippen molar-refractivity contribution in [1.82, 2.24) is 9.29 Å². The zero-order valence-corrected chi connectivity index (χ0v) is 12.9. The van der Waals surface area contributed by atoms with E-state index in [4.69, 9.17) is 11.6 Å². The summed E-state index contributed by atoms with van der Waals surface area (Å²) in [5.74, 6) is 0. The van der Waals surface area contributed by atoms with Gasteiger partial charge in [0.15, 0.2) is 0 Å². The summed E-state index contributed by atoms with van der Waals surface area (Å²) in [6, 6.07) is 12.6. The lowest BCUT2D eigenvalue weighted by molar-refractivity contribution is 0.396. The van der Waals surface area contributed by atoms with Crippen LogP contribution < -0.4 is 0 Å². The van der Waals surface area contributed by atoms with E-state index in [1.807, 2.05) is 30.3 Å². The molecule has 1 fully saturated rings. The zero-order valence-electron chi connectivity index (χ0n) is 11.3. The van der Waals surface area contributed by atoms with Crippen LogP contribution in [0.5, 0.6) is 0 Å². The third kappa shape index (κ3) is 2.81. The summed E-state index contributed by atoms with van der Waals surface area (Å²) >= 11 is 5.73. The molecule has 0 spiro atoms. The Morgan fingerprint density at radius 2 is 1.90 bits per heavy atom. The van der Waals surface area contributed by atoms with Crippen molar-refractivity contribution in [2.24, 2.45) is 0 Å². The summed E-state index contributed by atoms with van der Waals surface area (Å²) in [6.07, 6.45) is 3.02. The van der Waals surface area contributed by atoms with Crippen LogP contribution in [-0.4, -0.2) is 24.3 Å². The van der Waals surface area contributed by atoms with Crippen LogP contribution in [0.3, 0.4) is 0 Å². The van der Waals surface area contributed by atoms with Crippen LogP contribution in [0, 0.1) is 0 Å². The van der Waals surface area contributed by atoms with Crippen LogP contribution >= 0.6 is 11.6 Å². The Hall–Kier alpha value is -1.43. The van der Waals surface area contributed by atoms with Gasteiger partial charge in [-0.3, -0.25) is 0 Å². The van der Waals surface area contributed by atoms with Crippen molar-refractivity contribution in [2.75, 3.05) is 6.54 Å². The molecule has 1 aliphatic heterocycles. The van der Waals surface area contributed by atoms with E-state index in [1.165, 1.54) is 18.3 Å². The Bertz CT molecular complexity index is 717. The molecule has 2 aromatic rings. The fraction of sp³-hybridized carbons (Fsp3) is 0.267. The van der Waals surface area contributed by atoms with Gasteiger partial charge in [0.2, 0.25) is 10.0 Å². The highest BCUT2D eigenvalue weighted by Gasteiger charge is 2.36. The Kier molecular flexibility index (Phi) is 3.97. The average molecular weight is 323 g/mol. The number of benzene rings is 1. The summed E-state index contributed by atoms with van der Waals surface area (Å²) in [4.78, 5) is 4.06. The van der Waals surface area contributed by atoms with Crippen LogP contribution in [0.15, 0.2) is 53.6 Å². The van der Waals surface area contributed by atoms with Crippen molar-refractivity contribution in [1.29, 1.82) is 0 Å². The quantitative estimate of drug-likeness (QED) is 0.815. The lowest BCUT2D eigenvalue weighted by Crippen LogP contribution is -2.30. The third-order valence-electron chi connectivity index (χ3n) is 3.69.